The molecular weight excluding hydrogens is 1040 g/mol. The molecule has 0 amide bonds. The summed E-state index contributed by atoms with van der Waals surface area (Å²) in [6.07, 6.45) is 0. The van der Waals surface area contributed by atoms with Crippen molar-refractivity contribution in [1.82, 2.24) is 0 Å². The van der Waals surface area contributed by atoms with E-state index in [4.69, 9.17) is 0 Å². The van der Waals surface area contributed by atoms with Crippen LogP contribution in [0.4, 0.5) is 0 Å². The van der Waals surface area contributed by atoms with Crippen LogP contribution in [0, 0.1) is 34.6 Å². The molecule has 0 bridgehead atoms. The van der Waals surface area contributed by atoms with Crippen LogP contribution in [0.5, 0.6) is 0 Å². The Kier molecular flexibility index (Phi) is 14.6. The van der Waals surface area contributed by atoms with Gasteiger partial charge in [-0.3, -0.25) is 0 Å². The molecule has 0 N–H and O–H groups in total. The molecule has 1 aliphatic carbocycles. The van der Waals surface area contributed by atoms with E-state index in [1.165, 1.54) is 169 Å². The highest BCUT2D eigenvalue weighted by atomic mass is 14.2. The normalized spacial score (nSPS) is 11.3. The zero-order valence-electron chi connectivity index (χ0n) is 49.9. The van der Waals surface area contributed by atoms with E-state index < -0.39 is 0 Å². The minimum Gasteiger partial charge on any atom is -0.0622 e. The SMILES string of the molecule is Cc1c2ccccc2c(-c2ccccc2)c2ccccc12.Cc1cc2ccccc2c2ccccc12.Cc1ccc2c(ccc3ccccc32)c1.Cc1ccc2c3c(cccc13)-c1ccccc1-2.Cc1ccc2c3ccccc3c3ccccc3c2c1. The first kappa shape index (κ1) is 54.3. The van der Waals surface area contributed by atoms with Crippen molar-refractivity contribution in [2.75, 3.05) is 0 Å². The number of benzene rings is 17. The van der Waals surface area contributed by atoms with Gasteiger partial charge in [0.25, 0.3) is 0 Å². The number of rotatable bonds is 1. The molecule has 0 aromatic heterocycles. The monoisotopic (exact) mass is 1110 g/mol. The summed E-state index contributed by atoms with van der Waals surface area (Å²) in [6, 6.07) is 111. The van der Waals surface area contributed by atoms with E-state index in [1.807, 2.05) is 0 Å². The summed E-state index contributed by atoms with van der Waals surface area (Å²) < 4.78 is 0. The zero-order chi connectivity index (χ0) is 59.0. The third-order valence-corrected chi connectivity index (χ3v) is 17.8. The summed E-state index contributed by atoms with van der Waals surface area (Å²) in [5.41, 5.74) is 14.8. The summed E-state index contributed by atoms with van der Waals surface area (Å²) in [7, 11) is 0. The van der Waals surface area contributed by atoms with Crippen LogP contribution in [0.1, 0.15) is 27.8 Å². The Bertz CT molecular complexity index is 5330. The summed E-state index contributed by atoms with van der Waals surface area (Å²) in [5.74, 6) is 0. The minimum absolute atomic E-state index is 1.28. The number of fused-ring (bicyclic) bond motifs is 17. The number of hydrogen-bond acceptors (Lipinski definition) is 0. The molecule has 414 valence electrons. The molecule has 0 saturated heterocycles. The van der Waals surface area contributed by atoms with Crippen molar-refractivity contribution in [1.29, 1.82) is 0 Å². The first-order valence-corrected chi connectivity index (χ1v) is 30.4. The maximum absolute atomic E-state index is 2.30. The largest absolute Gasteiger partial charge is 0.0622 e. The first-order valence-electron chi connectivity index (χ1n) is 30.4. The van der Waals surface area contributed by atoms with E-state index in [-0.39, 0.29) is 0 Å². The van der Waals surface area contributed by atoms with E-state index >= 15 is 0 Å². The van der Waals surface area contributed by atoms with Gasteiger partial charge in [0.15, 0.2) is 0 Å². The molecule has 87 heavy (non-hydrogen) atoms. The fraction of sp³-hybridized carbons (Fsp3) is 0.0575. The molecule has 0 radical (unpaired) electrons. The molecule has 17 aromatic rings. The van der Waals surface area contributed by atoms with Crippen LogP contribution in [-0.2, 0) is 0 Å². The smallest absolute Gasteiger partial charge is 0.00237 e. The highest BCUT2D eigenvalue weighted by Crippen LogP contribution is 2.48. The van der Waals surface area contributed by atoms with Crippen LogP contribution in [0.3, 0.4) is 0 Å². The molecule has 0 atom stereocenters. The average molecular weight is 1110 g/mol. The Labute approximate surface area is 509 Å². The van der Waals surface area contributed by atoms with Crippen molar-refractivity contribution in [2.45, 2.75) is 34.6 Å². The fourth-order valence-corrected chi connectivity index (χ4v) is 13.6. The minimum atomic E-state index is 1.28. The molecule has 0 spiro atoms. The Balaban J connectivity index is 0.0000000963. The molecule has 0 nitrogen and oxygen atoms in total. The molecular formula is C87H66. The van der Waals surface area contributed by atoms with Gasteiger partial charge in [-0.25, -0.2) is 0 Å². The molecule has 0 heteroatoms. The third kappa shape index (κ3) is 10.2. The zero-order valence-corrected chi connectivity index (χ0v) is 49.9. The van der Waals surface area contributed by atoms with Gasteiger partial charge in [0, 0.05) is 0 Å². The van der Waals surface area contributed by atoms with Crippen LogP contribution >= 0.6 is 0 Å². The molecule has 0 saturated carbocycles. The van der Waals surface area contributed by atoms with Gasteiger partial charge in [-0.05, 0) is 192 Å². The quantitative estimate of drug-likeness (QED) is 0.114. The van der Waals surface area contributed by atoms with Gasteiger partial charge in [0.05, 0.1) is 0 Å². The van der Waals surface area contributed by atoms with Crippen molar-refractivity contribution in [3.8, 4) is 33.4 Å². The van der Waals surface area contributed by atoms with Crippen LogP contribution in [0.15, 0.2) is 309 Å². The highest BCUT2D eigenvalue weighted by Gasteiger charge is 2.21. The Morgan fingerprint density at radius 3 is 1.17 bits per heavy atom. The van der Waals surface area contributed by atoms with Gasteiger partial charge in [-0.1, -0.05) is 321 Å². The highest BCUT2D eigenvalue weighted by molar-refractivity contribution is 6.25. The molecule has 1 aliphatic rings. The van der Waals surface area contributed by atoms with Gasteiger partial charge in [0.1, 0.15) is 0 Å². The van der Waals surface area contributed by atoms with Crippen molar-refractivity contribution < 1.29 is 0 Å². The summed E-state index contributed by atoms with van der Waals surface area (Å²) >= 11 is 0. The predicted octanol–water partition coefficient (Wildman–Crippen LogP) is 24.8. The van der Waals surface area contributed by atoms with Gasteiger partial charge in [0.2, 0.25) is 0 Å². The Morgan fingerprint density at radius 2 is 0.563 bits per heavy atom. The van der Waals surface area contributed by atoms with Gasteiger partial charge >= 0.3 is 0 Å². The maximum atomic E-state index is 2.30. The van der Waals surface area contributed by atoms with Gasteiger partial charge < -0.3 is 0 Å². The predicted molar refractivity (Wildman–Crippen MR) is 381 cm³/mol. The van der Waals surface area contributed by atoms with Crippen molar-refractivity contribution in [2.24, 2.45) is 0 Å². The molecule has 0 fully saturated rings. The van der Waals surface area contributed by atoms with Gasteiger partial charge in [-0.15, -0.1) is 0 Å². The van der Waals surface area contributed by atoms with E-state index in [0.29, 0.717) is 0 Å². The van der Waals surface area contributed by atoms with Crippen LogP contribution in [0.2, 0.25) is 0 Å². The lowest BCUT2D eigenvalue weighted by Crippen LogP contribution is -1.88. The second-order valence-corrected chi connectivity index (χ2v) is 23.3. The van der Waals surface area contributed by atoms with Crippen LogP contribution in [0.25, 0.3) is 141 Å². The summed E-state index contributed by atoms with van der Waals surface area (Å²) in [5, 5.41) is 27.0. The Morgan fingerprint density at radius 1 is 0.184 bits per heavy atom. The topological polar surface area (TPSA) is 0 Å². The lowest BCUT2D eigenvalue weighted by atomic mass is 9.89. The number of hydrogen-bond donors (Lipinski definition) is 0. The van der Waals surface area contributed by atoms with E-state index in [2.05, 4.69) is 344 Å². The van der Waals surface area contributed by atoms with E-state index in [0.717, 1.165) is 0 Å². The number of aryl methyl sites for hydroxylation is 5. The second kappa shape index (κ2) is 23.4. The van der Waals surface area contributed by atoms with Crippen LogP contribution < -0.4 is 0 Å². The third-order valence-electron chi connectivity index (χ3n) is 17.8. The summed E-state index contributed by atoms with van der Waals surface area (Å²) in [6.45, 7) is 10.9. The van der Waals surface area contributed by atoms with Crippen molar-refractivity contribution in [3.63, 3.8) is 0 Å². The maximum Gasteiger partial charge on any atom is -0.00237 e. The molecule has 0 aliphatic heterocycles. The lowest BCUT2D eigenvalue weighted by molar-refractivity contribution is 1.51. The van der Waals surface area contributed by atoms with E-state index in [9.17, 15) is 0 Å². The fourth-order valence-electron chi connectivity index (χ4n) is 13.6. The molecule has 0 unspecified atom stereocenters. The van der Waals surface area contributed by atoms with E-state index in [1.54, 1.807) is 0 Å². The average Bonchev–Trinajstić information content (AvgIpc) is 2.95. The Hall–Kier alpha value is -10.7. The molecule has 17 aromatic carbocycles. The first-order chi connectivity index (χ1) is 42.8. The van der Waals surface area contributed by atoms with Crippen molar-refractivity contribution in [3.05, 3.63) is 337 Å². The second-order valence-electron chi connectivity index (χ2n) is 23.3. The van der Waals surface area contributed by atoms with Gasteiger partial charge in [-0.2, -0.15) is 0 Å². The standard InChI is InChI=1S/C21H16.C19H14.C17H12.2C15H12/c1-15-17-11-5-7-13-19(17)21(16-9-3-2-4-10-16)20-14-8-6-12-18(15)20;1-13-10-11-18-16-8-3-2-6-14(16)15-7-4-5-9-17(15)19(18)12-13;1-11-9-10-16-14-6-3-2-5-13(14)15-8-4-7-12(11)17(15)16;1-11-10-12-6-2-3-8-14(12)15-9-5-4-7-13(11)15;1-11-6-9-15-13(10-11)8-7-12-4-2-3-5-14(12)15/h2-14H,1H3;2-12H,1H3;2-10H,1H3;2*2-10H,1H3. The molecule has 0 heterocycles. The van der Waals surface area contributed by atoms with Crippen molar-refractivity contribution >= 4 is 108 Å². The van der Waals surface area contributed by atoms with Crippen LogP contribution in [-0.4, -0.2) is 0 Å². The molecule has 18 rings (SSSR count). The summed E-state index contributed by atoms with van der Waals surface area (Å²) in [4.78, 5) is 0. The lowest BCUT2D eigenvalue weighted by Gasteiger charge is -2.15.